The Hall–Kier alpha value is -1.83. The maximum Gasteiger partial charge on any atom is 0.410 e. The molecule has 1 aliphatic rings. The number of halogens is 3. The third-order valence-electron chi connectivity index (χ3n) is 3.62. The first-order chi connectivity index (χ1) is 13.3. The van der Waals surface area contributed by atoms with Crippen molar-refractivity contribution in [2.45, 2.75) is 39.0 Å². The van der Waals surface area contributed by atoms with Crippen molar-refractivity contribution in [2.24, 2.45) is 5.92 Å². The first-order valence-corrected chi connectivity index (χ1v) is 9.36. The standard InChI is InChI=1S/C7H6Cl2O.C6H11F.C6H9NO4/c8-6-2-1-5(4-10)3-7(6)9;1-5-3-2-4-6(5)7;1-2-3-11-6(9)7-4-10-5-8/h1-3,10H,4H2;5-6H,2-4H2,1H3;2,5H,1,3-4H2,(H,7,9). The zero-order valence-electron chi connectivity index (χ0n) is 15.7. The molecule has 9 heteroatoms. The van der Waals surface area contributed by atoms with Crippen LogP contribution in [0.2, 0.25) is 10.0 Å². The summed E-state index contributed by atoms with van der Waals surface area (Å²) in [7, 11) is 0. The largest absolute Gasteiger partial charge is 0.446 e. The van der Waals surface area contributed by atoms with Crippen LogP contribution < -0.4 is 5.32 Å². The Morgan fingerprint density at radius 3 is 2.54 bits per heavy atom. The molecule has 0 aromatic heterocycles. The van der Waals surface area contributed by atoms with Crippen LogP contribution in [-0.2, 0) is 20.9 Å². The predicted octanol–water partition coefficient (Wildman–Crippen LogP) is 4.66. The van der Waals surface area contributed by atoms with Crippen molar-refractivity contribution in [3.63, 3.8) is 0 Å². The number of rotatable bonds is 6. The number of alkyl carbamates (subject to hydrolysis) is 1. The van der Waals surface area contributed by atoms with Gasteiger partial charge in [-0.25, -0.2) is 9.18 Å². The number of carbonyl (C=O) groups excluding carboxylic acids is 2. The lowest BCUT2D eigenvalue weighted by Gasteiger charge is -2.02. The van der Waals surface area contributed by atoms with Crippen LogP contribution in [0.1, 0.15) is 31.7 Å². The molecular weight excluding hydrogens is 412 g/mol. The van der Waals surface area contributed by atoms with E-state index in [2.05, 4.69) is 21.4 Å². The Labute approximate surface area is 174 Å². The topological polar surface area (TPSA) is 84.9 Å². The molecule has 6 nitrogen and oxygen atoms in total. The lowest BCUT2D eigenvalue weighted by atomic mass is 10.1. The molecule has 1 aromatic carbocycles. The van der Waals surface area contributed by atoms with Gasteiger partial charge in [0, 0.05) is 0 Å². The van der Waals surface area contributed by atoms with Gasteiger partial charge < -0.3 is 14.6 Å². The van der Waals surface area contributed by atoms with Crippen LogP contribution in [0.5, 0.6) is 0 Å². The molecule has 2 unspecified atom stereocenters. The molecule has 0 heterocycles. The van der Waals surface area contributed by atoms with E-state index in [-0.39, 0.29) is 26.4 Å². The Bertz CT molecular complexity index is 596. The zero-order valence-corrected chi connectivity index (χ0v) is 17.2. The molecule has 0 bridgehead atoms. The number of amides is 1. The number of hydrogen-bond donors (Lipinski definition) is 2. The second-order valence-corrected chi connectivity index (χ2v) is 6.62. The van der Waals surface area contributed by atoms with E-state index in [0.29, 0.717) is 16.0 Å². The summed E-state index contributed by atoms with van der Waals surface area (Å²) in [6, 6.07) is 5.04. The van der Waals surface area contributed by atoms with E-state index in [0.717, 1.165) is 24.8 Å². The van der Waals surface area contributed by atoms with Gasteiger partial charge in [0.2, 0.25) is 0 Å². The Kier molecular flexibility index (Phi) is 15.1. The zero-order chi connectivity index (χ0) is 21.4. The van der Waals surface area contributed by atoms with Crippen molar-refractivity contribution < 1.29 is 28.6 Å². The second kappa shape index (κ2) is 16.2. The first kappa shape index (κ1) is 26.2. The Morgan fingerprint density at radius 1 is 1.39 bits per heavy atom. The van der Waals surface area contributed by atoms with E-state index in [1.54, 1.807) is 18.2 Å². The summed E-state index contributed by atoms with van der Waals surface area (Å²) in [6.07, 6.45) is 3.30. The van der Waals surface area contributed by atoms with Crippen LogP contribution >= 0.6 is 23.2 Å². The summed E-state index contributed by atoms with van der Waals surface area (Å²) < 4.78 is 21.0. The van der Waals surface area contributed by atoms with Crippen molar-refractivity contribution in [3.05, 3.63) is 46.5 Å². The number of benzene rings is 1. The van der Waals surface area contributed by atoms with Crippen LogP contribution in [0, 0.1) is 5.92 Å². The van der Waals surface area contributed by atoms with E-state index in [1.807, 2.05) is 6.92 Å². The van der Waals surface area contributed by atoms with Gasteiger partial charge in [-0.2, -0.15) is 0 Å². The maximum absolute atomic E-state index is 12.3. The number of carbonyl (C=O) groups is 2. The van der Waals surface area contributed by atoms with Gasteiger partial charge in [0.15, 0.2) is 6.73 Å². The summed E-state index contributed by atoms with van der Waals surface area (Å²) >= 11 is 11.3. The lowest BCUT2D eigenvalue weighted by Crippen LogP contribution is -2.26. The molecule has 2 N–H and O–H groups in total. The van der Waals surface area contributed by atoms with Crippen LogP contribution in [0.25, 0.3) is 0 Å². The minimum Gasteiger partial charge on any atom is -0.446 e. The molecule has 1 aliphatic carbocycles. The molecule has 0 aliphatic heterocycles. The molecule has 28 heavy (non-hydrogen) atoms. The maximum atomic E-state index is 12.3. The van der Waals surface area contributed by atoms with Crippen molar-refractivity contribution in [1.82, 2.24) is 5.32 Å². The fourth-order valence-corrected chi connectivity index (χ4v) is 2.38. The number of nitrogens with one attached hydrogen (secondary N) is 1. The van der Waals surface area contributed by atoms with Gasteiger partial charge in [0.05, 0.1) is 16.7 Å². The molecule has 0 spiro atoms. The van der Waals surface area contributed by atoms with Gasteiger partial charge in [-0.05, 0) is 36.5 Å². The quantitative estimate of drug-likeness (QED) is 0.292. The van der Waals surface area contributed by atoms with Crippen LogP contribution in [-0.4, -0.2) is 37.2 Å². The highest BCUT2D eigenvalue weighted by atomic mass is 35.5. The monoisotopic (exact) mass is 437 g/mol. The van der Waals surface area contributed by atoms with E-state index in [9.17, 15) is 14.0 Å². The molecule has 2 atom stereocenters. The van der Waals surface area contributed by atoms with Gasteiger partial charge in [0.25, 0.3) is 6.47 Å². The summed E-state index contributed by atoms with van der Waals surface area (Å²) in [6.45, 7) is 5.50. The smallest absolute Gasteiger partial charge is 0.410 e. The molecular formula is C19H26Cl2FNO5. The van der Waals surface area contributed by atoms with Crippen LogP contribution in [0.3, 0.4) is 0 Å². The highest BCUT2D eigenvalue weighted by Gasteiger charge is 2.21. The predicted molar refractivity (Wildman–Crippen MR) is 107 cm³/mol. The number of aliphatic hydroxyl groups is 1. The van der Waals surface area contributed by atoms with Gasteiger partial charge in [0.1, 0.15) is 12.8 Å². The van der Waals surface area contributed by atoms with Crippen LogP contribution in [0.4, 0.5) is 9.18 Å². The molecule has 158 valence electrons. The number of ether oxygens (including phenoxy) is 2. The Morgan fingerprint density at radius 2 is 2.11 bits per heavy atom. The average Bonchev–Trinajstić information content (AvgIpc) is 3.06. The van der Waals surface area contributed by atoms with Crippen molar-refractivity contribution >= 4 is 35.8 Å². The third kappa shape index (κ3) is 12.5. The molecule has 2 rings (SSSR count). The molecule has 1 saturated carbocycles. The van der Waals surface area contributed by atoms with Gasteiger partial charge >= 0.3 is 6.09 Å². The number of aliphatic hydroxyl groups excluding tert-OH is 1. The summed E-state index contributed by atoms with van der Waals surface area (Å²) in [5.74, 6) is 0.347. The average molecular weight is 438 g/mol. The molecule has 1 fully saturated rings. The van der Waals surface area contributed by atoms with Crippen molar-refractivity contribution in [2.75, 3.05) is 13.3 Å². The SMILES string of the molecule is C=CCOC(=O)NCOC=O.CC1CCCC1F.OCc1ccc(Cl)c(Cl)c1. The number of alkyl halides is 1. The number of hydrogen-bond acceptors (Lipinski definition) is 5. The first-order valence-electron chi connectivity index (χ1n) is 8.61. The van der Waals surface area contributed by atoms with E-state index in [1.165, 1.54) is 6.08 Å². The normalized spacial score (nSPS) is 17.2. The van der Waals surface area contributed by atoms with Gasteiger partial charge in [-0.1, -0.05) is 55.3 Å². The minimum absolute atomic E-state index is 0.00309. The molecule has 1 amide bonds. The highest BCUT2D eigenvalue weighted by molar-refractivity contribution is 6.42. The second-order valence-electron chi connectivity index (χ2n) is 5.80. The van der Waals surface area contributed by atoms with Crippen LogP contribution in [0.15, 0.2) is 30.9 Å². The lowest BCUT2D eigenvalue weighted by molar-refractivity contribution is -0.129. The third-order valence-corrected chi connectivity index (χ3v) is 4.36. The molecule has 0 radical (unpaired) electrons. The van der Waals surface area contributed by atoms with Gasteiger partial charge in [-0.3, -0.25) is 10.1 Å². The van der Waals surface area contributed by atoms with E-state index < -0.39 is 12.3 Å². The van der Waals surface area contributed by atoms with E-state index >= 15 is 0 Å². The molecule has 0 saturated heterocycles. The fourth-order valence-electron chi connectivity index (χ4n) is 2.06. The minimum atomic E-state index is -0.647. The highest BCUT2D eigenvalue weighted by Crippen LogP contribution is 2.27. The van der Waals surface area contributed by atoms with Crippen molar-refractivity contribution in [1.29, 1.82) is 0 Å². The summed E-state index contributed by atoms with van der Waals surface area (Å²) in [5, 5.41) is 11.8. The summed E-state index contributed by atoms with van der Waals surface area (Å²) in [4.78, 5) is 20.1. The Balaban J connectivity index is 0.000000399. The fraction of sp³-hybridized carbons (Fsp3) is 0.474. The van der Waals surface area contributed by atoms with Crippen molar-refractivity contribution in [3.8, 4) is 0 Å². The molecule has 1 aromatic rings. The van der Waals surface area contributed by atoms with Gasteiger partial charge in [-0.15, -0.1) is 0 Å². The summed E-state index contributed by atoms with van der Waals surface area (Å²) in [5.41, 5.74) is 0.773. The van der Waals surface area contributed by atoms with E-state index in [4.69, 9.17) is 28.3 Å².